The van der Waals surface area contributed by atoms with Crippen molar-refractivity contribution in [3.63, 3.8) is 0 Å². The molecule has 0 bridgehead atoms. The minimum atomic E-state index is -0.551. The van der Waals surface area contributed by atoms with Gasteiger partial charge < -0.3 is 10.4 Å². The van der Waals surface area contributed by atoms with Crippen LogP contribution < -0.4 is 5.32 Å². The van der Waals surface area contributed by atoms with E-state index in [2.05, 4.69) is 5.32 Å². The van der Waals surface area contributed by atoms with Crippen molar-refractivity contribution in [1.29, 1.82) is 0 Å². The normalized spacial score (nSPS) is 11.9. The molecule has 4 heteroatoms. The SMILES string of the molecule is C[C@H](O)CNC(=O)Cc1cccc(C=O)c1. The molecule has 0 radical (unpaired) electrons. The first-order valence-corrected chi connectivity index (χ1v) is 5.10. The van der Waals surface area contributed by atoms with Crippen molar-refractivity contribution in [2.75, 3.05) is 6.54 Å². The van der Waals surface area contributed by atoms with Crippen LogP contribution in [0.5, 0.6) is 0 Å². The number of hydrogen-bond acceptors (Lipinski definition) is 3. The average molecular weight is 221 g/mol. The Labute approximate surface area is 94.3 Å². The van der Waals surface area contributed by atoms with Crippen LogP contribution >= 0.6 is 0 Å². The first-order valence-electron chi connectivity index (χ1n) is 5.10. The molecule has 1 atom stereocenters. The summed E-state index contributed by atoms with van der Waals surface area (Å²) in [5.41, 5.74) is 1.34. The quantitative estimate of drug-likeness (QED) is 0.713. The molecule has 0 aliphatic heterocycles. The van der Waals surface area contributed by atoms with Crippen LogP contribution in [0.25, 0.3) is 0 Å². The summed E-state index contributed by atoms with van der Waals surface area (Å²) in [6.45, 7) is 1.85. The van der Waals surface area contributed by atoms with E-state index in [1.54, 1.807) is 31.2 Å². The molecular weight excluding hydrogens is 206 g/mol. The molecular formula is C12H15NO3. The first kappa shape index (κ1) is 12.4. The Balaban J connectivity index is 2.52. The average Bonchev–Trinajstić information content (AvgIpc) is 2.26. The molecule has 1 amide bonds. The van der Waals surface area contributed by atoms with Crippen molar-refractivity contribution < 1.29 is 14.7 Å². The third-order valence-electron chi connectivity index (χ3n) is 2.05. The summed E-state index contributed by atoms with van der Waals surface area (Å²) in [6.07, 6.45) is 0.413. The third-order valence-corrected chi connectivity index (χ3v) is 2.05. The number of aliphatic hydroxyl groups is 1. The van der Waals surface area contributed by atoms with Crippen molar-refractivity contribution >= 4 is 12.2 Å². The van der Waals surface area contributed by atoms with E-state index in [0.29, 0.717) is 5.56 Å². The molecule has 1 rings (SSSR count). The van der Waals surface area contributed by atoms with Gasteiger partial charge in [-0.1, -0.05) is 18.2 Å². The maximum Gasteiger partial charge on any atom is 0.224 e. The fourth-order valence-corrected chi connectivity index (χ4v) is 1.29. The standard InChI is InChI=1S/C12H15NO3/c1-9(15)7-13-12(16)6-10-3-2-4-11(5-10)8-14/h2-5,8-9,15H,6-7H2,1H3,(H,13,16)/t9-/m0/s1. The van der Waals surface area contributed by atoms with Crippen molar-refractivity contribution in [1.82, 2.24) is 5.32 Å². The summed E-state index contributed by atoms with van der Waals surface area (Å²) in [5.74, 6) is -0.163. The Morgan fingerprint density at radius 3 is 2.94 bits per heavy atom. The number of carbonyl (C=O) groups is 2. The maximum atomic E-state index is 11.4. The van der Waals surface area contributed by atoms with Crippen molar-refractivity contribution in [3.8, 4) is 0 Å². The van der Waals surface area contributed by atoms with Gasteiger partial charge in [0.15, 0.2) is 0 Å². The van der Waals surface area contributed by atoms with E-state index in [1.165, 1.54) is 0 Å². The Kier molecular flexibility index (Phi) is 4.66. The Morgan fingerprint density at radius 1 is 1.56 bits per heavy atom. The number of carbonyl (C=O) groups excluding carboxylic acids is 2. The summed E-state index contributed by atoms with van der Waals surface area (Å²) < 4.78 is 0. The van der Waals surface area contributed by atoms with Gasteiger partial charge in [0.1, 0.15) is 6.29 Å². The number of hydrogen-bond donors (Lipinski definition) is 2. The predicted octanol–water partition coefficient (Wildman–Crippen LogP) is 0.539. The highest BCUT2D eigenvalue weighted by molar-refractivity contribution is 5.80. The molecule has 2 N–H and O–H groups in total. The van der Waals surface area contributed by atoms with Gasteiger partial charge in [-0.2, -0.15) is 0 Å². The van der Waals surface area contributed by atoms with Crippen LogP contribution in [0.3, 0.4) is 0 Å². The molecule has 0 unspecified atom stereocenters. The molecule has 0 saturated carbocycles. The smallest absolute Gasteiger partial charge is 0.224 e. The van der Waals surface area contributed by atoms with Crippen molar-refractivity contribution in [2.45, 2.75) is 19.4 Å². The Bertz CT molecular complexity index is 374. The lowest BCUT2D eigenvalue weighted by atomic mass is 10.1. The minimum Gasteiger partial charge on any atom is -0.392 e. The van der Waals surface area contributed by atoms with Crippen molar-refractivity contribution in [3.05, 3.63) is 35.4 Å². The van der Waals surface area contributed by atoms with Crippen LogP contribution in [0, 0.1) is 0 Å². The molecule has 0 aromatic heterocycles. The molecule has 1 aromatic carbocycles. The van der Waals surface area contributed by atoms with Gasteiger partial charge in [-0.05, 0) is 18.6 Å². The maximum absolute atomic E-state index is 11.4. The molecule has 16 heavy (non-hydrogen) atoms. The number of aldehydes is 1. The largest absolute Gasteiger partial charge is 0.392 e. The van der Waals surface area contributed by atoms with Gasteiger partial charge in [-0.15, -0.1) is 0 Å². The third kappa shape index (κ3) is 4.23. The second-order valence-electron chi connectivity index (χ2n) is 3.69. The minimum absolute atomic E-state index is 0.163. The van der Waals surface area contributed by atoms with Crippen LogP contribution in [-0.2, 0) is 11.2 Å². The zero-order valence-corrected chi connectivity index (χ0v) is 9.14. The van der Waals surface area contributed by atoms with Gasteiger partial charge in [0.05, 0.1) is 12.5 Å². The summed E-state index contributed by atoms with van der Waals surface area (Å²) in [4.78, 5) is 21.9. The van der Waals surface area contributed by atoms with Crippen LogP contribution in [0.2, 0.25) is 0 Å². The summed E-state index contributed by atoms with van der Waals surface area (Å²) in [5, 5.41) is 11.6. The number of rotatable bonds is 5. The number of nitrogens with one attached hydrogen (secondary N) is 1. The topological polar surface area (TPSA) is 66.4 Å². The van der Waals surface area contributed by atoms with Crippen LogP contribution in [0.1, 0.15) is 22.8 Å². The van der Waals surface area contributed by atoms with E-state index in [-0.39, 0.29) is 18.9 Å². The van der Waals surface area contributed by atoms with Crippen molar-refractivity contribution in [2.24, 2.45) is 0 Å². The summed E-state index contributed by atoms with van der Waals surface area (Å²) in [6, 6.07) is 6.88. The fourth-order valence-electron chi connectivity index (χ4n) is 1.29. The van der Waals surface area contributed by atoms with Crippen LogP contribution in [-0.4, -0.2) is 29.9 Å². The molecule has 0 aliphatic carbocycles. The second-order valence-corrected chi connectivity index (χ2v) is 3.69. The monoisotopic (exact) mass is 221 g/mol. The van der Waals surface area contributed by atoms with Gasteiger partial charge in [-0.25, -0.2) is 0 Å². The Hall–Kier alpha value is -1.68. The van der Waals surface area contributed by atoms with E-state index in [4.69, 9.17) is 5.11 Å². The zero-order chi connectivity index (χ0) is 12.0. The molecule has 4 nitrogen and oxygen atoms in total. The Morgan fingerprint density at radius 2 is 2.31 bits per heavy atom. The first-order chi connectivity index (χ1) is 7.61. The fraction of sp³-hybridized carbons (Fsp3) is 0.333. The predicted molar refractivity (Wildman–Crippen MR) is 60.2 cm³/mol. The van der Waals surface area contributed by atoms with E-state index in [0.717, 1.165) is 11.8 Å². The molecule has 0 aliphatic rings. The second kappa shape index (κ2) is 6.02. The zero-order valence-electron chi connectivity index (χ0n) is 9.14. The van der Waals surface area contributed by atoms with Gasteiger partial charge in [0.2, 0.25) is 5.91 Å². The molecule has 0 saturated heterocycles. The number of amides is 1. The van der Waals surface area contributed by atoms with Gasteiger partial charge >= 0.3 is 0 Å². The molecule has 1 aromatic rings. The van der Waals surface area contributed by atoms with E-state index < -0.39 is 6.10 Å². The lowest BCUT2D eigenvalue weighted by Crippen LogP contribution is -2.31. The molecule has 0 fully saturated rings. The summed E-state index contributed by atoms with van der Waals surface area (Å²) in [7, 11) is 0. The highest BCUT2D eigenvalue weighted by Crippen LogP contribution is 2.03. The molecule has 0 heterocycles. The van der Waals surface area contributed by atoms with Gasteiger partial charge in [0.25, 0.3) is 0 Å². The molecule has 0 spiro atoms. The lowest BCUT2D eigenvalue weighted by molar-refractivity contribution is -0.120. The summed E-state index contributed by atoms with van der Waals surface area (Å²) >= 11 is 0. The van der Waals surface area contributed by atoms with E-state index in [9.17, 15) is 9.59 Å². The highest BCUT2D eigenvalue weighted by atomic mass is 16.3. The van der Waals surface area contributed by atoms with E-state index >= 15 is 0 Å². The highest BCUT2D eigenvalue weighted by Gasteiger charge is 2.04. The lowest BCUT2D eigenvalue weighted by Gasteiger charge is -2.07. The van der Waals surface area contributed by atoms with Crippen LogP contribution in [0.15, 0.2) is 24.3 Å². The number of benzene rings is 1. The van der Waals surface area contributed by atoms with Gasteiger partial charge in [0, 0.05) is 12.1 Å². The van der Waals surface area contributed by atoms with Gasteiger partial charge in [-0.3, -0.25) is 9.59 Å². The number of aliphatic hydroxyl groups excluding tert-OH is 1. The van der Waals surface area contributed by atoms with Crippen LogP contribution in [0.4, 0.5) is 0 Å². The van der Waals surface area contributed by atoms with E-state index in [1.807, 2.05) is 0 Å². The molecule has 86 valence electrons.